The van der Waals surface area contributed by atoms with Crippen molar-refractivity contribution in [3.8, 4) is 0 Å². The highest BCUT2D eigenvalue weighted by atomic mass is 35.5. The first-order chi connectivity index (χ1) is 11.6. The zero-order chi connectivity index (χ0) is 17.1. The highest BCUT2D eigenvalue weighted by Gasteiger charge is 2.21. The number of amides is 1. The SMILES string of the molecule is CN(C)C(=O)c1cncc(N2CCN(c3ncccc3Cl)CC2)n1. The molecule has 0 aromatic carbocycles. The Hall–Kier alpha value is -2.41. The smallest absolute Gasteiger partial charge is 0.273 e. The molecule has 3 rings (SSSR count). The number of nitrogens with zero attached hydrogens (tertiary/aromatic N) is 6. The largest absolute Gasteiger partial charge is 0.352 e. The third-order valence-electron chi connectivity index (χ3n) is 3.89. The number of piperazine rings is 1. The molecule has 1 amide bonds. The minimum atomic E-state index is -0.150. The van der Waals surface area contributed by atoms with Crippen molar-refractivity contribution in [3.63, 3.8) is 0 Å². The summed E-state index contributed by atoms with van der Waals surface area (Å²) in [4.78, 5) is 30.7. The van der Waals surface area contributed by atoms with Crippen molar-refractivity contribution in [1.82, 2.24) is 19.9 Å². The van der Waals surface area contributed by atoms with E-state index >= 15 is 0 Å². The third kappa shape index (κ3) is 3.41. The van der Waals surface area contributed by atoms with Gasteiger partial charge in [0.2, 0.25) is 0 Å². The van der Waals surface area contributed by atoms with Gasteiger partial charge < -0.3 is 14.7 Å². The van der Waals surface area contributed by atoms with Gasteiger partial charge in [-0.25, -0.2) is 9.97 Å². The molecule has 1 aliphatic rings. The summed E-state index contributed by atoms with van der Waals surface area (Å²) in [6.07, 6.45) is 4.93. The summed E-state index contributed by atoms with van der Waals surface area (Å²) in [5.74, 6) is 1.37. The zero-order valence-corrected chi connectivity index (χ0v) is 14.4. The highest BCUT2D eigenvalue weighted by molar-refractivity contribution is 6.32. The summed E-state index contributed by atoms with van der Waals surface area (Å²) in [5.41, 5.74) is 0.354. The molecular weight excluding hydrogens is 328 g/mol. The molecule has 126 valence electrons. The van der Waals surface area contributed by atoms with Gasteiger partial charge in [-0.2, -0.15) is 0 Å². The normalized spacial score (nSPS) is 14.6. The second-order valence-electron chi connectivity index (χ2n) is 5.75. The van der Waals surface area contributed by atoms with Gasteiger partial charge in [0.25, 0.3) is 5.91 Å². The van der Waals surface area contributed by atoms with Gasteiger partial charge in [0.15, 0.2) is 0 Å². The Labute approximate surface area is 145 Å². The molecule has 0 bridgehead atoms. The summed E-state index contributed by atoms with van der Waals surface area (Å²) in [7, 11) is 3.40. The number of pyridine rings is 1. The van der Waals surface area contributed by atoms with Gasteiger partial charge in [-0.05, 0) is 12.1 Å². The Morgan fingerprint density at radius 3 is 2.54 bits per heavy atom. The fraction of sp³-hybridized carbons (Fsp3) is 0.375. The maximum Gasteiger partial charge on any atom is 0.273 e. The van der Waals surface area contributed by atoms with Gasteiger partial charge in [-0.1, -0.05) is 11.6 Å². The fourth-order valence-electron chi connectivity index (χ4n) is 2.60. The second kappa shape index (κ2) is 7.00. The van der Waals surface area contributed by atoms with Crippen LogP contribution in [0.15, 0.2) is 30.7 Å². The predicted octanol–water partition coefficient (Wildman–Crippen LogP) is 1.55. The van der Waals surface area contributed by atoms with Crippen molar-refractivity contribution in [1.29, 1.82) is 0 Å². The summed E-state index contributed by atoms with van der Waals surface area (Å²) in [6, 6.07) is 3.67. The lowest BCUT2D eigenvalue weighted by molar-refractivity contribution is 0.0821. The van der Waals surface area contributed by atoms with E-state index in [1.54, 1.807) is 26.5 Å². The molecule has 3 heterocycles. The van der Waals surface area contributed by atoms with Crippen LogP contribution in [0.5, 0.6) is 0 Å². The van der Waals surface area contributed by atoms with E-state index in [9.17, 15) is 4.79 Å². The average molecular weight is 347 g/mol. The number of carbonyl (C=O) groups excluding carboxylic acids is 1. The molecule has 0 N–H and O–H groups in total. The van der Waals surface area contributed by atoms with Crippen LogP contribution in [0.25, 0.3) is 0 Å². The van der Waals surface area contributed by atoms with Gasteiger partial charge in [-0.3, -0.25) is 9.78 Å². The quantitative estimate of drug-likeness (QED) is 0.840. The van der Waals surface area contributed by atoms with E-state index in [-0.39, 0.29) is 5.91 Å². The Morgan fingerprint density at radius 2 is 1.88 bits per heavy atom. The van der Waals surface area contributed by atoms with Crippen molar-refractivity contribution in [3.05, 3.63) is 41.4 Å². The minimum absolute atomic E-state index is 0.150. The summed E-state index contributed by atoms with van der Waals surface area (Å²) in [5, 5.41) is 0.657. The van der Waals surface area contributed by atoms with Gasteiger partial charge >= 0.3 is 0 Å². The Kier molecular flexibility index (Phi) is 4.80. The first-order valence-electron chi connectivity index (χ1n) is 7.70. The van der Waals surface area contributed by atoms with E-state index in [0.717, 1.165) is 37.8 Å². The molecule has 1 fully saturated rings. The molecule has 0 radical (unpaired) electrons. The van der Waals surface area contributed by atoms with Crippen molar-refractivity contribution in [2.45, 2.75) is 0 Å². The van der Waals surface area contributed by atoms with Crippen molar-refractivity contribution >= 4 is 29.1 Å². The third-order valence-corrected chi connectivity index (χ3v) is 4.18. The first-order valence-corrected chi connectivity index (χ1v) is 8.08. The van der Waals surface area contributed by atoms with Crippen LogP contribution < -0.4 is 9.80 Å². The average Bonchev–Trinajstić information content (AvgIpc) is 2.62. The number of hydrogen-bond acceptors (Lipinski definition) is 6. The number of aromatic nitrogens is 3. The van der Waals surface area contributed by atoms with Crippen molar-refractivity contribution in [2.24, 2.45) is 0 Å². The van der Waals surface area contributed by atoms with Gasteiger partial charge in [0, 0.05) is 46.5 Å². The Bertz CT molecular complexity index is 730. The Balaban J connectivity index is 1.70. The van der Waals surface area contributed by atoms with Crippen LogP contribution in [-0.4, -0.2) is 66.0 Å². The molecule has 0 atom stereocenters. The predicted molar refractivity (Wildman–Crippen MR) is 93.7 cm³/mol. The van der Waals surface area contributed by atoms with Gasteiger partial charge in [0.1, 0.15) is 17.3 Å². The molecule has 0 aliphatic carbocycles. The maximum atomic E-state index is 12.0. The monoisotopic (exact) mass is 346 g/mol. The molecular formula is C16H19ClN6O. The van der Waals surface area contributed by atoms with E-state index in [2.05, 4.69) is 24.8 Å². The summed E-state index contributed by atoms with van der Waals surface area (Å²) in [6.45, 7) is 3.09. The minimum Gasteiger partial charge on any atom is -0.352 e. The number of halogens is 1. The van der Waals surface area contributed by atoms with Crippen molar-refractivity contribution < 1.29 is 4.79 Å². The highest BCUT2D eigenvalue weighted by Crippen LogP contribution is 2.24. The van der Waals surface area contributed by atoms with Crippen LogP contribution >= 0.6 is 11.6 Å². The molecule has 0 spiro atoms. The van der Waals surface area contributed by atoms with Crippen LogP contribution in [0.3, 0.4) is 0 Å². The van der Waals surface area contributed by atoms with E-state index in [4.69, 9.17) is 11.6 Å². The number of rotatable bonds is 3. The van der Waals surface area contributed by atoms with Gasteiger partial charge in [-0.15, -0.1) is 0 Å². The van der Waals surface area contributed by atoms with Crippen LogP contribution in [0, 0.1) is 0 Å². The van der Waals surface area contributed by atoms with Gasteiger partial charge in [0.05, 0.1) is 17.4 Å². The van der Waals surface area contributed by atoms with E-state index in [1.807, 2.05) is 12.1 Å². The van der Waals surface area contributed by atoms with E-state index in [1.165, 1.54) is 11.1 Å². The molecule has 7 nitrogen and oxygen atoms in total. The van der Waals surface area contributed by atoms with Crippen molar-refractivity contribution in [2.75, 3.05) is 50.1 Å². The van der Waals surface area contributed by atoms with Crippen LogP contribution in [0.2, 0.25) is 5.02 Å². The standard InChI is InChI=1S/C16H19ClN6O/c1-21(2)16(24)13-10-18-11-14(20-13)22-6-8-23(9-7-22)15-12(17)4-3-5-19-15/h3-5,10-11H,6-9H2,1-2H3. The molecule has 24 heavy (non-hydrogen) atoms. The van der Waals surface area contributed by atoms with Crippen LogP contribution in [-0.2, 0) is 0 Å². The molecule has 2 aromatic rings. The summed E-state index contributed by atoms with van der Waals surface area (Å²) < 4.78 is 0. The molecule has 1 saturated heterocycles. The van der Waals surface area contributed by atoms with Crippen LogP contribution in [0.1, 0.15) is 10.5 Å². The molecule has 0 unspecified atom stereocenters. The lowest BCUT2D eigenvalue weighted by Gasteiger charge is -2.36. The van der Waals surface area contributed by atoms with E-state index in [0.29, 0.717) is 10.7 Å². The van der Waals surface area contributed by atoms with Crippen LogP contribution in [0.4, 0.5) is 11.6 Å². The number of anilines is 2. The molecule has 0 saturated carbocycles. The molecule has 2 aromatic heterocycles. The summed E-state index contributed by atoms with van der Waals surface area (Å²) >= 11 is 6.21. The maximum absolute atomic E-state index is 12.0. The number of hydrogen-bond donors (Lipinski definition) is 0. The lowest BCUT2D eigenvalue weighted by atomic mass is 10.3. The first kappa shape index (κ1) is 16.4. The fourth-order valence-corrected chi connectivity index (χ4v) is 2.84. The lowest BCUT2D eigenvalue weighted by Crippen LogP contribution is -2.47. The topological polar surface area (TPSA) is 65.5 Å². The Morgan fingerprint density at radius 1 is 1.17 bits per heavy atom. The zero-order valence-electron chi connectivity index (χ0n) is 13.7. The van der Waals surface area contributed by atoms with E-state index < -0.39 is 0 Å². The second-order valence-corrected chi connectivity index (χ2v) is 6.15. The molecule has 1 aliphatic heterocycles. The molecule has 8 heteroatoms. The number of carbonyl (C=O) groups is 1.